The van der Waals surface area contributed by atoms with Gasteiger partial charge in [-0.05, 0) is 17.0 Å². The molecule has 1 aromatic rings. The van der Waals surface area contributed by atoms with E-state index >= 15 is 0 Å². The summed E-state index contributed by atoms with van der Waals surface area (Å²) in [5, 5.41) is 9.40. The molecule has 1 aliphatic rings. The summed E-state index contributed by atoms with van der Waals surface area (Å²) in [5.41, 5.74) is 2.32. The van der Waals surface area contributed by atoms with Gasteiger partial charge in [0.05, 0.1) is 12.7 Å². The molecule has 0 aromatic heterocycles. The SMILES string of the molecule is CC(C)c1ccc(CO[C@@H]2C[C@@H](C(=O)O)N(C(=O)[C@H](C)CS)C2)cc1. The van der Waals surface area contributed by atoms with E-state index in [0.29, 0.717) is 31.2 Å². The smallest absolute Gasteiger partial charge is 0.326 e. The van der Waals surface area contributed by atoms with Crippen LogP contribution < -0.4 is 0 Å². The summed E-state index contributed by atoms with van der Waals surface area (Å²) in [4.78, 5) is 25.3. The molecule has 3 atom stereocenters. The highest BCUT2D eigenvalue weighted by Gasteiger charge is 2.41. The maximum Gasteiger partial charge on any atom is 0.326 e. The largest absolute Gasteiger partial charge is 0.480 e. The molecule has 0 bridgehead atoms. The third-order valence-corrected chi connectivity index (χ3v) is 5.21. The number of carbonyl (C=O) groups excluding carboxylic acids is 1. The molecule has 1 N–H and O–H groups in total. The molecule has 2 rings (SSSR count). The number of thiol groups is 1. The minimum absolute atomic E-state index is 0.171. The lowest BCUT2D eigenvalue weighted by Gasteiger charge is -2.24. The van der Waals surface area contributed by atoms with E-state index in [0.717, 1.165) is 5.56 Å². The second-order valence-corrected chi connectivity index (χ2v) is 7.36. The fraction of sp³-hybridized carbons (Fsp3) is 0.579. The summed E-state index contributed by atoms with van der Waals surface area (Å²) < 4.78 is 5.89. The Morgan fingerprint density at radius 3 is 2.44 bits per heavy atom. The van der Waals surface area contributed by atoms with Gasteiger partial charge in [0.1, 0.15) is 6.04 Å². The van der Waals surface area contributed by atoms with E-state index in [4.69, 9.17) is 4.74 Å². The van der Waals surface area contributed by atoms with Crippen molar-refractivity contribution < 1.29 is 19.4 Å². The topological polar surface area (TPSA) is 66.8 Å². The van der Waals surface area contributed by atoms with Crippen LogP contribution in [-0.2, 0) is 20.9 Å². The predicted molar refractivity (Wildman–Crippen MR) is 99.9 cm³/mol. The highest BCUT2D eigenvalue weighted by atomic mass is 32.1. The van der Waals surface area contributed by atoms with Crippen molar-refractivity contribution in [3.63, 3.8) is 0 Å². The van der Waals surface area contributed by atoms with Crippen molar-refractivity contribution in [2.24, 2.45) is 5.92 Å². The summed E-state index contributed by atoms with van der Waals surface area (Å²) in [5.74, 6) is -0.570. The number of nitrogens with zero attached hydrogens (tertiary/aromatic N) is 1. The quantitative estimate of drug-likeness (QED) is 0.729. The lowest BCUT2D eigenvalue weighted by Crippen LogP contribution is -2.43. The Kier molecular flexibility index (Phi) is 6.90. The molecule has 1 heterocycles. The predicted octanol–water partition coefficient (Wildman–Crippen LogP) is 2.95. The van der Waals surface area contributed by atoms with Crippen LogP contribution in [0.2, 0.25) is 0 Å². The molecule has 5 nitrogen and oxygen atoms in total. The number of ether oxygens (including phenoxy) is 1. The molecule has 138 valence electrons. The Balaban J connectivity index is 1.96. The minimum Gasteiger partial charge on any atom is -0.480 e. The van der Waals surface area contributed by atoms with Gasteiger partial charge in [0.15, 0.2) is 0 Å². The number of carboxylic acid groups (broad SMARTS) is 1. The molecule has 0 radical (unpaired) electrons. The molecule has 1 aromatic carbocycles. The highest BCUT2D eigenvalue weighted by Crippen LogP contribution is 2.24. The van der Waals surface area contributed by atoms with E-state index in [2.05, 4.69) is 38.6 Å². The number of aliphatic carboxylic acids is 1. The third-order valence-electron chi connectivity index (χ3n) is 4.66. The fourth-order valence-corrected chi connectivity index (χ4v) is 3.13. The number of amides is 1. The second kappa shape index (κ2) is 8.72. The number of hydrogen-bond acceptors (Lipinski definition) is 4. The molecule has 0 aliphatic carbocycles. The maximum atomic E-state index is 12.4. The van der Waals surface area contributed by atoms with Gasteiger partial charge in [-0.1, -0.05) is 45.0 Å². The van der Waals surface area contributed by atoms with E-state index in [1.54, 1.807) is 6.92 Å². The minimum atomic E-state index is -0.980. The van der Waals surface area contributed by atoms with Gasteiger partial charge in [-0.25, -0.2) is 4.79 Å². The van der Waals surface area contributed by atoms with Gasteiger partial charge in [-0.2, -0.15) is 12.6 Å². The van der Waals surface area contributed by atoms with Crippen molar-refractivity contribution in [2.75, 3.05) is 12.3 Å². The first kappa shape index (κ1) is 19.8. The average Bonchev–Trinajstić information content (AvgIpc) is 3.03. The van der Waals surface area contributed by atoms with Crippen LogP contribution in [0.4, 0.5) is 0 Å². The number of hydrogen-bond donors (Lipinski definition) is 2. The third kappa shape index (κ3) is 4.98. The molecule has 1 fully saturated rings. The summed E-state index contributed by atoms with van der Waals surface area (Å²) in [6, 6.07) is 7.42. The number of carboxylic acids is 1. The van der Waals surface area contributed by atoms with Crippen molar-refractivity contribution in [3.05, 3.63) is 35.4 Å². The van der Waals surface area contributed by atoms with E-state index in [1.165, 1.54) is 10.5 Å². The van der Waals surface area contributed by atoms with Crippen molar-refractivity contribution in [1.29, 1.82) is 0 Å². The lowest BCUT2D eigenvalue weighted by molar-refractivity contribution is -0.149. The molecule has 0 saturated carbocycles. The van der Waals surface area contributed by atoms with Crippen LogP contribution in [0.25, 0.3) is 0 Å². The Morgan fingerprint density at radius 2 is 1.92 bits per heavy atom. The monoisotopic (exact) mass is 365 g/mol. The van der Waals surface area contributed by atoms with Crippen LogP contribution in [-0.4, -0.2) is 46.3 Å². The summed E-state index contributed by atoms with van der Waals surface area (Å²) in [6.45, 7) is 6.79. The van der Waals surface area contributed by atoms with Crippen molar-refractivity contribution in [1.82, 2.24) is 4.90 Å². The zero-order valence-corrected chi connectivity index (χ0v) is 15.9. The van der Waals surface area contributed by atoms with E-state index in [-0.39, 0.29) is 17.9 Å². The van der Waals surface area contributed by atoms with E-state index in [1.807, 2.05) is 12.1 Å². The number of benzene rings is 1. The first-order valence-corrected chi connectivity index (χ1v) is 9.31. The van der Waals surface area contributed by atoms with Gasteiger partial charge in [-0.15, -0.1) is 0 Å². The molecular formula is C19H27NO4S. The second-order valence-electron chi connectivity index (χ2n) is 6.99. The molecule has 0 unspecified atom stereocenters. The number of carbonyl (C=O) groups is 2. The standard InChI is InChI=1S/C19H27NO4S/c1-12(2)15-6-4-14(5-7-15)10-24-16-8-17(19(22)23)20(9-16)18(21)13(3)11-25/h4-7,12-13,16-17,25H,8-11H2,1-3H3,(H,22,23)/t13-,16-,17+/m1/s1. The first-order chi connectivity index (χ1) is 11.8. The first-order valence-electron chi connectivity index (χ1n) is 8.68. The van der Waals surface area contributed by atoms with Crippen molar-refractivity contribution >= 4 is 24.5 Å². The normalized spacial score (nSPS) is 21.6. The Labute approximate surface area is 154 Å². The van der Waals surface area contributed by atoms with Crippen LogP contribution in [0.5, 0.6) is 0 Å². The van der Waals surface area contributed by atoms with Gasteiger partial charge in [0, 0.05) is 24.6 Å². The highest BCUT2D eigenvalue weighted by molar-refractivity contribution is 7.80. The van der Waals surface area contributed by atoms with Crippen LogP contribution >= 0.6 is 12.6 Å². The Morgan fingerprint density at radius 1 is 1.28 bits per heavy atom. The maximum absolute atomic E-state index is 12.4. The van der Waals surface area contributed by atoms with Crippen LogP contribution in [0, 0.1) is 5.92 Å². The van der Waals surface area contributed by atoms with Crippen LogP contribution in [0.15, 0.2) is 24.3 Å². The van der Waals surface area contributed by atoms with Crippen molar-refractivity contribution in [2.45, 2.75) is 51.9 Å². The number of rotatable bonds is 7. The van der Waals surface area contributed by atoms with Gasteiger partial charge >= 0.3 is 5.97 Å². The number of likely N-dealkylation sites (tertiary alicyclic amines) is 1. The molecule has 6 heteroatoms. The molecule has 0 spiro atoms. The fourth-order valence-electron chi connectivity index (χ4n) is 2.97. The van der Waals surface area contributed by atoms with E-state index in [9.17, 15) is 14.7 Å². The average molecular weight is 365 g/mol. The summed E-state index contributed by atoms with van der Waals surface area (Å²) in [6.07, 6.45) is 0.0618. The van der Waals surface area contributed by atoms with E-state index < -0.39 is 12.0 Å². The van der Waals surface area contributed by atoms with Gasteiger partial charge in [-0.3, -0.25) is 4.79 Å². The van der Waals surface area contributed by atoms with Gasteiger partial charge in [0.25, 0.3) is 0 Å². The zero-order chi connectivity index (χ0) is 18.6. The Bertz CT molecular complexity index is 602. The van der Waals surface area contributed by atoms with Gasteiger partial charge < -0.3 is 14.7 Å². The van der Waals surface area contributed by atoms with Crippen LogP contribution in [0.3, 0.4) is 0 Å². The summed E-state index contributed by atoms with van der Waals surface area (Å²) in [7, 11) is 0. The zero-order valence-electron chi connectivity index (χ0n) is 15.0. The Hall–Kier alpha value is -1.53. The van der Waals surface area contributed by atoms with Crippen molar-refractivity contribution in [3.8, 4) is 0 Å². The van der Waals surface area contributed by atoms with Gasteiger partial charge in [0.2, 0.25) is 5.91 Å². The molecule has 25 heavy (non-hydrogen) atoms. The molecule has 1 saturated heterocycles. The molecular weight excluding hydrogens is 338 g/mol. The molecule has 1 amide bonds. The summed E-state index contributed by atoms with van der Waals surface area (Å²) >= 11 is 4.14. The van der Waals surface area contributed by atoms with Crippen LogP contribution in [0.1, 0.15) is 44.2 Å². The molecule has 1 aliphatic heterocycles. The lowest BCUT2D eigenvalue weighted by atomic mass is 10.0.